The Kier molecular flexibility index (Phi) is 6.28. The van der Waals surface area contributed by atoms with Gasteiger partial charge in [-0.3, -0.25) is 4.79 Å². The molecule has 0 aliphatic carbocycles. The van der Waals surface area contributed by atoms with E-state index in [-0.39, 0.29) is 19.1 Å². The average molecular weight is 438 g/mol. The number of fused-ring (bicyclic) bond motifs is 1. The molecule has 1 N–H and O–H groups in total. The molecule has 1 amide bonds. The summed E-state index contributed by atoms with van der Waals surface area (Å²) in [7, 11) is 0. The second-order valence-electron chi connectivity index (χ2n) is 6.70. The van der Waals surface area contributed by atoms with Crippen molar-refractivity contribution >= 4 is 23.2 Å². The zero-order valence-electron chi connectivity index (χ0n) is 16.8. The number of ether oxygens (including phenoxy) is 2. The van der Waals surface area contributed by atoms with E-state index in [1.807, 2.05) is 49.4 Å². The number of benzene rings is 2. The van der Waals surface area contributed by atoms with E-state index >= 15 is 0 Å². The van der Waals surface area contributed by atoms with Crippen LogP contribution < -0.4 is 14.8 Å². The van der Waals surface area contributed by atoms with E-state index in [2.05, 4.69) is 20.6 Å². The molecule has 4 rings (SSSR count). The van der Waals surface area contributed by atoms with Crippen molar-refractivity contribution < 1.29 is 14.3 Å². The molecule has 0 bridgehead atoms. The zero-order valence-corrected chi connectivity index (χ0v) is 17.5. The largest absolute Gasteiger partial charge is 0.484 e. The molecule has 0 saturated carbocycles. The van der Waals surface area contributed by atoms with Gasteiger partial charge in [0.05, 0.1) is 11.6 Å². The van der Waals surface area contributed by atoms with Crippen LogP contribution in [0.1, 0.15) is 5.56 Å². The summed E-state index contributed by atoms with van der Waals surface area (Å²) in [5.74, 6) is 1.36. The number of rotatable bonds is 8. The first kappa shape index (κ1) is 20.6. The van der Waals surface area contributed by atoms with Crippen molar-refractivity contribution in [3.63, 3.8) is 0 Å². The topological polar surface area (TPSA) is 90.6 Å². The van der Waals surface area contributed by atoms with Crippen molar-refractivity contribution in [1.29, 1.82) is 0 Å². The highest BCUT2D eigenvalue weighted by Gasteiger charge is 2.13. The van der Waals surface area contributed by atoms with Crippen LogP contribution in [0.4, 0.5) is 0 Å². The average Bonchev–Trinajstić information content (AvgIpc) is 3.19. The van der Waals surface area contributed by atoms with Gasteiger partial charge >= 0.3 is 0 Å². The summed E-state index contributed by atoms with van der Waals surface area (Å²) in [6.07, 6.45) is 0. The maximum absolute atomic E-state index is 12.0. The van der Waals surface area contributed by atoms with Gasteiger partial charge in [-0.05, 0) is 36.8 Å². The molecule has 0 saturated heterocycles. The number of halogens is 1. The Morgan fingerprint density at radius 1 is 1.03 bits per heavy atom. The number of carbonyl (C=O) groups excluding carboxylic acids is 1. The van der Waals surface area contributed by atoms with E-state index in [9.17, 15) is 4.79 Å². The fourth-order valence-corrected chi connectivity index (χ4v) is 3.14. The van der Waals surface area contributed by atoms with Gasteiger partial charge in [0.1, 0.15) is 12.4 Å². The van der Waals surface area contributed by atoms with Crippen LogP contribution in [0.5, 0.6) is 11.6 Å². The van der Waals surface area contributed by atoms with Crippen LogP contribution in [0, 0.1) is 6.92 Å². The predicted octanol–water partition coefficient (Wildman–Crippen LogP) is 3.33. The number of hydrogen-bond acceptors (Lipinski definition) is 6. The van der Waals surface area contributed by atoms with Crippen molar-refractivity contribution in [2.45, 2.75) is 6.92 Å². The number of aryl methyl sites for hydroxylation is 1. The molecule has 2 aromatic heterocycles. The fourth-order valence-electron chi connectivity index (χ4n) is 2.92. The zero-order chi connectivity index (χ0) is 21.6. The van der Waals surface area contributed by atoms with Gasteiger partial charge in [0, 0.05) is 11.6 Å². The molecule has 9 heteroatoms. The van der Waals surface area contributed by atoms with Gasteiger partial charge in [-0.15, -0.1) is 15.3 Å². The number of hydrogen-bond donors (Lipinski definition) is 1. The SMILES string of the molecule is Cc1ccccc1OCC(=O)NCCOc1ccc2nnc(-c3ccccc3Cl)n2n1. The third kappa shape index (κ3) is 4.92. The molecule has 0 radical (unpaired) electrons. The van der Waals surface area contributed by atoms with Gasteiger partial charge in [0.2, 0.25) is 5.88 Å². The molecule has 158 valence electrons. The number of nitrogens with one attached hydrogen (secondary N) is 1. The molecule has 31 heavy (non-hydrogen) atoms. The molecular weight excluding hydrogens is 418 g/mol. The molecule has 0 aliphatic heterocycles. The number of nitrogens with zero attached hydrogens (tertiary/aromatic N) is 4. The lowest BCUT2D eigenvalue weighted by atomic mass is 10.2. The Morgan fingerprint density at radius 2 is 1.84 bits per heavy atom. The van der Waals surface area contributed by atoms with Gasteiger partial charge in [-0.2, -0.15) is 4.52 Å². The first-order valence-corrected chi connectivity index (χ1v) is 10.0. The Morgan fingerprint density at radius 3 is 2.68 bits per heavy atom. The highest BCUT2D eigenvalue weighted by atomic mass is 35.5. The highest BCUT2D eigenvalue weighted by molar-refractivity contribution is 6.33. The van der Waals surface area contributed by atoms with Gasteiger partial charge < -0.3 is 14.8 Å². The summed E-state index contributed by atoms with van der Waals surface area (Å²) in [6, 6.07) is 18.3. The van der Waals surface area contributed by atoms with Crippen LogP contribution in [0.25, 0.3) is 17.0 Å². The summed E-state index contributed by atoms with van der Waals surface area (Å²) in [6.45, 7) is 2.43. The summed E-state index contributed by atoms with van der Waals surface area (Å²) >= 11 is 6.27. The molecular formula is C22H20ClN5O3. The summed E-state index contributed by atoms with van der Waals surface area (Å²) in [5, 5.41) is 16.0. The van der Waals surface area contributed by atoms with E-state index in [0.717, 1.165) is 11.1 Å². The lowest BCUT2D eigenvalue weighted by Crippen LogP contribution is -2.32. The molecule has 4 aromatic rings. The van der Waals surface area contributed by atoms with Crippen molar-refractivity contribution in [3.8, 4) is 23.0 Å². The van der Waals surface area contributed by atoms with E-state index in [1.54, 1.807) is 22.7 Å². The number of para-hydroxylation sites is 1. The maximum Gasteiger partial charge on any atom is 0.258 e. The molecule has 0 unspecified atom stereocenters. The molecule has 0 fully saturated rings. The standard InChI is InChI=1S/C22H20ClN5O3/c1-15-6-2-5-9-18(15)31-14-20(29)24-12-13-30-21-11-10-19-25-26-22(28(19)27-21)16-7-3-4-8-17(16)23/h2-11H,12-14H2,1H3,(H,24,29). The van der Waals surface area contributed by atoms with Gasteiger partial charge in [0.25, 0.3) is 5.91 Å². The van der Waals surface area contributed by atoms with Crippen LogP contribution in [-0.4, -0.2) is 45.5 Å². The van der Waals surface area contributed by atoms with E-state index in [4.69, 9.17) is 21.1 Å². The Bertz CT molecular complexity index is 1210. The normalized spacial score (nSPS) is 10.8. The van der Waals surface area contributed by atoms with Crippen molar-refractivity contribution in [2.75, 3.05) is 19.8 Å². The molecule has 0 spiro atoms. The molecule has 2 aromatic carbocycles. The summed E-state index contributed by atoms with van der Waals surface area (Å²) in [5.41, 5.74) is 2.27. The smallest absolute Gasteiger partial charge is 0.258 e. The molecule has 0 aliphatic rings. The second kappa shape index (κ2) is 9.44. The molecule has 8 nitrogen and oxygen atoms in total. The molecule has 0 atom stereocenters. The first-order valence-electron chi connectivity index (χ1n) is 9.67. The van der Waals surface area contributed by atoms with Crippen molar-refractivity contribution in [1.82, 2.24) is 25.1 Å². The predicted molar refractivity (Wildman–Crippen MR) is 116 cm³/mol. The minimum absolute atomic E-state index is 0.0586. The third-order valence-electron chi connectivity index (χ3n) is 4.48. The van der Waals surface area contributed by atoms with Gasteiger partial charge in [0.15, 0.2) is 18.1 Å². The Labute approximate surface area is 183 Å². The van der Waals surface area contributed by atoms with E-state index < -0.39 is 0 Å². The van der Waals surface area contributed by atoms with Crippen molar-refractivity contribution in [3.05, 3.63) is 71.2 Å². The highest BCUT2D eigenvalue weighted by Crippen LogP contribution is 2.26. The number of aromatic nitrogens is 4. The van der Waals surface area contributed by atoms with Crippen LogP contribution in [0.2, 0.25) is 5.02 Å². The first-order chi connectivity index (χ1) is 15.1. The van der Waals surface area contributed by atoms with E-state index in [1.165, 1.54) is 0 Å². The van der Waals surface area contributed by atoms with Crippen LogP contribution >= 0.6 is 11.6 Å². The lowest BCUT2D eigenvalue weighted by molar-refractivity contribution is -0.123. The van der Waals surface area contributed by atoms with Gasteiger partial charge in [-0.25, -0.2) is 0 Å². The fraction of sp³-hybridized carbons (Fsp3) is 0.182. The lowest BCUT2D eigenvalue weighted by Gasteiger charge is -2.10. The van der Waals surface area contributed by atoms with Crippen LogP contribution in [0.3, 0.4) is 0 Å². The van der Waals surface area contributed by atoms with Crippen LogP contribution in [-0.2, 0) is 4.79 Å². The van der Waals surface area contributed by atoms with Gasteiger partial charge in [-0.1, -0.05) is 41.9 Å². The quantitative estimate of drug-likeness (QED) is 0.425. The van der Waals surface area contributed by atoms with Crippen molar-refractivity contribution in [2.24, 2.45) is 0 Å². The minimum Gasteiger partial charge on any atom is -0.484 e. The molecule has 2 heterocycles. The number of amides is 1. The maximum atomic E-state index is 12.0. The third-order valence-corrected chi connectivity index (χ3v) is 4.81. The summed E-state index contributed by atoms with van der Waals surface area (Å²) in [4.78, 5) is 12.0. The van der Waals surface area contributed by atoms with Crippen LogP contribution in [0.15, 0.2) is 60.7 Å². The minimum atomic E-state index is -0.227. The Hall–Kier alpha value is -3.65. The number of carbonyl (C=O) groups is 1. The van der Waals surface area contributed by atoms with E-state index in [0.29, 0.717) is 34.7 Å². The monoisotopic (exact) mass is 437 g/mol. The summed E-state index contributed by atoms with van der Waals surface area (Å²) < 4.78 is 12.8. The Balaban J connectivity index is 1.31. The second-order valence-corrected chi connectivity index (χ2v) is 7.10.